The summed E-state index contributed by atoms with van der Waals surface area (Å²) in [6, 6.07) is 10.5. The first-order chi connectivity index (χ1) is 6.70. The molecule has 0 heterocycles. The van der Waals surface area contributed by atoms with Gasteiger partial charge in [0.25, 0.3) is 0 Å². The van der Waals surface area contributed by atoms with E-state index in [4.69, 9.17) is 0 Å². The molecule has 0 spiro atoms. The zero-order chi connectivity index (χ0) is 10.1. The predicted octanol–water partition coefficient (Wildman–Crippen LogP) is 2.81. The van der Waals surface area contributed by atoms with Crippen molar-refractivity contribution in [2.75, 3.05) is 0 Å². The summed E-state index contributed by atoms with van der Waals surface area (Å²) in [5, 5.41) is 9.90. The minimum absolute atomic E-state index is 0.125. The molecular weight excluding hydrogens is 172 g/mol. The molecule has 1 N–H and O–H groups in total. The van der Waals surface area contributed by atoms with Gasteiger partial charge in [-0.05, 0) is 29.7 Å². The van der Waals surface area contributed by atoms with Gasteiger partial charge in [0.15, 0.2) is 0 Å². The fraction of sp³-hybridized carbons (Fsp3) is 0.538. The predicted molar refractivity (Wildman–Crippen MR) is 58.1 cm³/mol. The Hall–Kier alpha value is -0.820. The average Bonchev–Trinajstić information content (AvgIpc) is 2.97. The molecule has 1 aliphatic carbocycles. The molecule has 0 unspecified atom stereocenters. The first-order valence-electron chi connectivity index (χ1n) is 5.43. The third-order valence-electron chi connectivity index (χ3n) is 3.19. The number of hydrogen-bond acceptors (Lipinski definition) is 1. The standard InChI is InChI=1S/C13H18O/c1-9(2)13(14)12-8-11(12)10-6-4-3-5-7-10/h3-7,9,11-14H,8H2,1-2H3/t11-,12+,13-/m0/s1. The van der Waals surface area contributed by atoms with E-state index in [1.807, 2.05) is 6.07 Å². The minimum Gasteiger partial charge on any atom is -0.393 e. The van der Waals surface area contributed by atoms with Gasteiger partial charge < -0.3 is 5.11 Å². The molecule has 14 heavy (non-hydrogen) atoms. The van der Waals surface area contributed by atoms with Crippen molar-refractivity contribution in [1.82, 2.24) is 0 Å². The summed E-state index contributed by atoms with van der Waals surface area (Å²) in [7, 11) is 0. The Bertz CT molecular complexity index is 291. The van der Waals surface area contributed by atoms with Crippen molar-refractivity contribution in [3.8, 4) is 0 Å². The summed E-state index contributed by atoms with van der Waals surface area (Å²) in [4.78, 5) is 0. The molecule has 1 heteroatoms. The molecule has 1 nitrogen and oxygen atoms in total. The normalized spacial score (nSPS) is 27.7. The molecule has 1 aliphatic rings. The van der Waals surface area contributed by atoms with Crippen LogP contribution in [-0.2, 0) is 0 Å². The molecule has 0 aliphatic heterocycles. The van der Waals surface area contributed by atoms with E-state index in [0.717, 1.165) is 6.42 Å². The highest BCUT2D eigenvalue weighted by molar-refractivity contribution is 5.26. The number of aliphatic hydroxyl groups is 1. The van der Waals surface area contributed by atoms with Crippen molar-refractivity contribution in [3.05, 3.63) is 35.9 Å². The molecule has 1 aromatic carbocycles. The van der Waals surface area contributed by atoms with Crippen LogP contribution in [0.5, 0.6) is 0 Å². The van der Waals surface area contributed by atoms with Gasteiger partial charge in [-0.2, -0.15) is 0 Å². The molecule has 0 bridgehead atoms. The highest BCUT2D eigenvalue weighted by Gasteiger charge is 2.43. The quantitative estimate of drug-likeness (QED) is 0.777. The smallest absolute Gasteiger partial charge is 0.0597 e. The van der Waals surface area contributed by atoms with Crippen molar-refractivity contribution < 1.29 is 5.11 Å². The summed E-state index contributed by atoms with van der Waals surface area (Å²) in [5.41, 5.74) is 1.39. The second-order valence-electron chi connectivity index (χ2n) is 4.65. The monoisotopic (exact) mass is 190 g/mol. The fourth-order valence-corrected chi connectivity index (χ4v) is 2.17. The number of rotatable bonds is 3. The molecule has 2 rings (SSSR count). The SMILES string of the molecule is CC(C)[C@H](O)[C@@H]1C[C@H]1c1ccccc1. The van der Waals surface area contributed by atoms with Crippen LogP contribution in [0.4, 0.5) is 0 Å². The number of benzene rings is 1. The van der Waals surface area contributed by atoms with Crippen LogP contribution in [-0.4, -0.2) is 11.2 Å². The topological polar surface area (TPSA) is 20.2 Å². The van der Waals surface area contributed by atoms with Gasteiger partial charge in [0.05, 0.1) is 6.10 Å². The van der Waals surface area contributed by atoms with Gasteiger partial charge >= 0.3 is 0 Å². The van der Waals surface area contributed by atoms with Gasteiger partial charge in [-0.3, -0.25) is 0 Å². The highest BCUT2D eigenvalue weighted by atomic mass is 16.3. The molecule has 1 aromatic rings. The van der Waals surface area contributed by atoms with E-state index in [1.165, 1.54) is 5.56 Å². The Morgan fingerprint density at radius 3 is 2.43 bits per heavy atom. The molecule has 0 aromatic heterocycles. The summed E-state index contributed by atoms with van der Waals surface area (Å²) in [5.74, 6) is 1.49. The van der Waals surface area contributed by atoms with Crippen molar-refractivity contribution in [2.24, 2.45) is 11.8 Å². The van der Waals surface area contributed by atoms with Gasteiger partial charge in [-0.25, -0.2) is 0 Å². The van der Waals surface area contributed by atoms with Crippen LogP contribution in [0.15, 0.2) is 30.3 Å². The maximum atomic E-state index is 9.90. The summed E-state index contributed by atoms with van der Waals surface area (Å²) in [6.45, 7) is 4.18. The molecule has 1 saturated carbocycles. The molecule has 0 radical (unpaired) electrons. The van der Waals surface area contributed by atoms with Gasteiger partial charge in [-0.15, -0.1) is 0 Å². The zero-order valence-electron chi connectivity index (χ0n) is 8.85. The van der Waals surface area contributed by atoms with Crippen molar-refractivity contribution >= 4 is 0 Å². The van der Waals surface area contributed by atoms with Crippen LogP contribution in [0.3, 0.4) is 0 Å². The Morgan fingerprint density at radius 2 is 1.86 bits per heavy atom. The van der Waals surface area contributed by atoms with E-state index in [-0.39, 0.29) is 6.10 Å². The Balaban J connectivity index is 2.00. The van der Waals surface area contributed by atoms with E-state index >= 15 is 0 Å². The molecule has 76 valence electrons. The van der Waals surface area contributed by atoms with Crippen LogP contribution in [0.2, 0.25) is 0 Å². The zero-order valence-corrected chi connectivity index (χ0v) is 8.85. The lowest BCUT2D eigenvalue weighted by molar-refractivity contribution is 0.101. The number of aliphatic hydroxyl groups excluding tert-OH is 1. The van der Waals surface area contributed by atoms with E-state index in [9.17, 15) is 5.11 Å². The maximum Gasteiger partial charge on any atom is 0.0597 e. The molecule has 0 saturated heterocycles. The van der Waals surface area contributed by atoms with E-state index < -0.39 is 0 Å². The summed E-state index contributed by atoms with van der Waals surface area (Å²) in [6.07, 6.45) is 1.03. The molecule has 0 amide bonds. The second kappa shape index (κ2) is 3.74. The van der Waals surface area contributed by atoms with Crippen LogP contribution < -0.4 is 0 Å². The second-order valence-corrected chi connectivity index (χ2v) is 4.65. The minimum atomic E-state index is -0.125. The molecule has 1 fully saturated rings. The summed E-state index contributed by atoms with van der Waals surface area (Å²) < 4.78 is 0. The summed E-state index contributed by atoms with van der Waals surface area (Å²) >= 11 is 0. The van der Waals surface area contributed by atoms with Gasteiger partial charge in [0.1, 0.15) is 0 Å². The van der Waals surface area contributed by atoms with Crippen LogP contribution >= 0.6 is 0 Å². The maximum absolute atomic E-state index is 9.90. The molecular formula is C13H18O. The van der Waals surface area contributed by atoms with Crippen LogP contribution in [0, 0.1) is 11.8 Å². The van der Waals surface area contributed by atoms with E-state index in [1.54, 1.807) is 0 Å². The lowest BCUT2D eigenvalue weighted by atomic mass is 9.99. The first kappa shape index (κ1) is 9.72. The third kappa shape index (κ3) is 1.83. The average molecular weight is 190 g/mol. The van der Waals surface area contributed by atoms with Crippen LogP contribution in [0.1, 0.15) is 31.7 Å². The van der Waals surface area contributed by atoms with Gasteiger partial charge in [0.2, 0.25) is 0 Å². The fourth-order valence-electron chi connectivity index (χ4n) is 2.17. The van der Waals surface area contributed by atoms with Gasteiger partial charge in [-0.1, -0.05) is 44.2 Å². The molecule has 3 atom stereocenters. The van der Waals surface area contributed by atoms with E-state index in [0.29, 0.717) is 17.8 Å². The lowest BCUT2D eigenvalue weighted by Crippen LogP contribution is -2.17. The lowest BCUT2D eigenvalue weighted by Gasteiger charge is -2.13. The number of hydrogen-bond donors (Lipinski definition) is 1. The first-order valence-corrected chi connectivity index (χ1v) is 5.43. The third-order valence-corrected chi connectivity index (χ3v) is 3.19. The largest absolute Gasteiger partial charge is 0.393 e. The van der Waals surface area contributed by atoms with Gasteiger partial charge in [0, 0.05) is 0 Å². The van der Waals surface area contributed by atoms with Crippen LogP contribution in [0.25, 0.3) is 0 Å². The van der Waals surface area contributed by atoms with Crippen molar-refractivity contribution in [3.63, 3.8) is 0 Å². The van der Waals surface area contributed by atoms with E-state index in [2.05, 4.69) is 38.1 Å². The van der Waals surface area contributed by atoms with Crippen molar-refractivity contribution in [2.45, 2.75) is 32.3 Å². The Kier molecular flexibility index (Phi) is 2.60. The van der Waals surface area contributed by atoms with Crippen molar-refractivity contribution in [1.29, 1.82) is 0 Å². The Morgan fingerprint density at radius 1 is 1.21 bits per heavy atom. The Labute approximate surface area is 85.8 Å². The highest BCUT2D eigenvalue weighted by Crippen LogP contribution is 2.50.